The number of carboxylic acids is 1. The van der Waals surface area contributed by atoms with Crippen molar-refractivity contribution < 1.29 is 18.3 Å². The van der Waals surface area contributed by atoms with Crippen LogP contribution in [0.2, 0.25) is 0 Å². The Morgan fingerprint density at radius 2 is 2.00 bits per heavy atom. The van der Waals surface area contributed by atoms with Crippen LogP contribution in [0, 0.1) is 0 Å². The lowest BCUT2D eigenvalue weighted by Gasteiger charge is -2.22. The first-order chi connectivity index (χ1) is 7.94. The van der Waals surface area contributed by atoms with Gasteiger partial charge in [0.2, 0.25) is 0 Å². The van der Waals surface area contributed by atoms with Crippen LogP contribution in [0.25, 0.3) is 0 Å². The number of carboxylic acid groups (broad SMARTS) is 1. The van der Waals surface area contributed by atoms with E-state index in [0.717, 1.165) is 0 Å². The van der Waals surface area contributed by atoms with Gasteiger partial charge in [0.1, 0.15) is 9.84 Å². The van der Waals surface area contributed by atoms with Gasteiger partial charge in [-0.05, 0) is 19.3 Å². The number of carbonyl (C=O) groups is 1. The van der Waals surface area contributed by atoms with E-state index in [1.807, 2.05) is 0 Å². The first-order valence-electron chi connectivity index (χ1n) is 5.80. The molecule has 5 nitrogen and oxygen atoms in total. The summed E-state index contributed by atoms with van der Waals surface area (Å²) in [5.41, 5.74) is 0.390. The van der Waals surface area contributed by atoms with Gasteiger partial charge in [0, 0.05) is 18.2 Å². The highest BCUT2D eigenvalue weighted by Gasteiger charge is 2.22. The Hall–Kier alpha value is -0.880. The maximum Gasteiger partial charge on any atom is 0.331 e. The highest BCUT2D eigenvalue weighted by Crippen LogP contribution is 2.12. The molecular formula is C11H19NO4S. The zero-order chi connectivity index (χ0) is 12.9. The zero-order valence-corrected chi connectivity index (χ0v) is 10.8. The third kappa shape index (κ3) is 4.87. The van der Waals surface area contributed by atoms with Gasteiger partial charge in [-0.1, -0.05) is 13.0 Å². The summed E-state index contributed by atoms with van der Waals surface area (Å²) in [6.45, 7) is 2.29. The highest BCUT2D eigenvalue weighted by atomic mass is 32.2. The summed E-state index contributed by atoms with van der Waals surface area (Å²) in [7, 11) is -2.82. The number of hydrogen-bond acceptors (Lipinski definition) is 4. The van der Waals surface area contributed by atoms with Gasteiger partial charge in [0.15, 0.2) is 0 Å². The van der Waals surface area contributed by atoms with Crippen molar-refractivity contribution in [3.63, 3.8) is 0 Å². The second-order valence-electron chi connectivity index (χ2n) is 4.22. The molecule has 6 heteroatoms. The molecule has 0 aliphatic carbocycles. The lowest BCUT2D eigenvalue weighted by molar-refractivity contribution is -0.132. The SMILES string of the molecule is CCC(=CCNC1CCS(=O)(=O)CC1)C(=O)O. The van der Waals surface area contributed by atoms with Crippen molar-refractivity contribution in [3.8, 4) is 0 Å². The van der Waals surface area contributed by atoms with Crippen molar-refractivity contribution >= 4 is 15.8 Å². The molecule has 1 saturated heterocycles. The van der Waals surface area contributed by atoms with E-state index in [-0.39, 0.29) is 17.5 Å². The minimum absolute atomic E-state index is 0.182. The van der Waals surface area contributed by atoms with E-state index in [2.05, 4.69) is 5.32 Å². The third-order valence-electron chi connectivity index (χ3n) is 2.97. The number of rotatable bonds is 5. The molecule has 0 atom stereocenters. The first kappa shape index (κ1) is 14.2. The molecule has 0 aromatic carbocycles. The largest absolute Gasteiger partial charge is 0.478 e. The standard InChI is InChI=1S/C11H19NO4S/c1-2-9(11(13)14)3-6-12-10-4-7-17(15,16)8-5-10/h3,10,12H,2,4-8H2,1H3,(H,13,14). The molecule has 0 radical (unpaired) electrons. The Morgan fingerprint density at radius 1 is 1.41 bits per heavy atom. The normalized spacial score (nSPS) is 21.4. The van der Waals surface area contributed by atoms with E-state index >= 15 is 0 Å². The summed E-state index contributed by atoms with van der Waals surface area (Å²) >= 11 is 0. The topological polar surface area (TPSA) is 83.5 Å². The predicted molar refractivity (Wildman–Crippen MR) is 65.7 cm³/mol. The summed E-state index contributed by atoms with van der Waals surface area (Å²) in [5, 5.41) is 12.0. The summed E-state index contributed by atoms with van der Waals surface area (Å²) in [4.78, 5) is 10.7. The summed E-state index contributed by atoms with van der Waals surface area (Å²) in [5.74, 6) is -0.428. The van der Waals surface area contributed by atoms with E-state index in [0.29, 0.717) is 31.4 Å². The van der Waals surface area contributed by atoms with Gasteiger partial charge in [0.25, 0.3) is 0 Å². The van der Waals surface area contributed by atoms with Gasteiger partial charge in [-0.15, -0.1) is 0 Å². The molecule has 0 saturated carbocycles. The monoisotopic (exact) mass is 261 g/mol. The van der Waals surface area contributed by atoms with Crippen LogP contribution >= 0.6 is 0 Å². The lowest BCUT2D eigenvalue weighted by Crippen LogP contribution is -2.37. The average Bonchev–Trinajstić information content (AvgIpc) is 2.26. The molecule has 1 fully saturated rings. The van der Waals surface area contributed by atoms with Crippen LogP contribution in [0.3, 0.4) is 0 Å². The molecule has 0 unspecified atom stereocenters. The molecule has 0 spiro atoms. The number of sulfone groups is 1. The van der Waals surface area contributed by atoms with Gasteiger partial charge in [-0.3, -0.25) is 0 Å². The summed E-state index contributed by atoms with van der Waals surface area (Å²) in [6.07, 6.45) is 3.39. The van der Waals surface area contributed by atoms with Crippen molar-refractivity contribution in [1.82, 2.24) is 5.32 Å². The lowest BCUT2D eigenvalue weighted by atomic mass is 10.1. The molecule has 2 N–H and O–H groups in total. The van der Waals surface area contributed by atoms with Gasteiger partial charge >= 0.3 is 5.97 Å². The van der Waals surface area contributed by atoms with E-state index < -0.39 is 15.8 Å². The summed E-state index contributed by atoms with van der Waals surface area (Å²) in [6, 6.07) is 0.182. The molecule has 1 rings (SSSR count). The molecule has 0 amide bonds. The van der Waals surface area contributed by atoms with Crippen LogP contribution in [0.15, 0.2) is 11.6 Å². The third-order valence-corrected chi connectivity index (χ3v) is 4.68. The molecule has 0 aromatic rings. The van der Waals surface area contributed by atoms with E-state index in [4.69, 9.17) is 5.11 Å². The molecule has 0 bridgehead atoms. The second kappa shape index (κ2) is 6.16. The molecule has 1 aliphatic heterocycles. The number of aliphatic carboxylic acids is 1. The van der Waals surface area contributed by atoms with Crippen molar-refractivity contribution in [2.24, 2.45) is 0 Å². The van der Waals surface area contributed by atoms with Crippen LogP contribution in [0.4, 0.5) is 0 Å². The fraction of sp³-hybridized carbons (Fsp3) is 0.727. The zero-order valence-electron chi connectivity index (χ0n) is 9.98. The van der Waals surface area contributed by atoms with Crippen LogP contribution in [0.1, 0.15) is 26.2 Å². The Balaban J connectivity index is 2.35. The Kier molecular flexibility index (Phi) is 5.14. The molecule has 98 valence electrons. The fourth-order valence-electron chi connectivity index (χ4n) is 1.83. The second-order valence-corrected chi connectivity index (χ2v) is 6.53. The van der Waals surface area contributed by atoms with E-state index in [9.17, 15) is 13.2 Å². The van der Waals surface area contributed by atoms with E-state index in [1.165, 1.54) is 0 Å². The number of hydrogen-bond donors (Lipinski definition) is 2. The Bertz CT molecular complexity index is 386. The van der Waals surface area contributed by atoms with Gasteiger partial charge in [-0.25, -0.2) is 13.2 Å². The average molecular weight is 261 g/mol. The van der Waals surface area contributed by atoms with Crippen molar-refractivity contribution in [2.45, 2.75) is 32.2 Å². The summed E-state index contributed by atoms with van der Waals surface area (Å²) < 4.78 is 22.4. The maximum absolute atomic E-state index is 11.2. The van der Waals surface area contributed by atoms with Crippen LogP contribution in [-0.2, 0) is 14.6 Å². The number of nitrogens with one attached hydrogen (secondary N) is 1. The van der Waals surface area contributed by atoms with Crippen molar-refractivity contribution in [2.75, 3.05) is 18.1 Å². The van der Waals surface area contributed by atoms with Crippen molar-refractivity contribution in [1.29, 1.82) is 0 Å². The quantitative estimate of drug-likeness (QED) is 0.707. The molecular weight excluding hydrogens is 242 g/mol. The molecule has 0 aromatic heterocycles. The van der Waals surface area contributed by atoms with Crippen LogP contribution < -0.4 is 5.32 Å². The Labute approximate surface area is 102 Å². The smallest absolute Gasteiger partial charge is 0.331 e. The van der Waals surface area contributed by atoms with Gasteiger partial charge in [0.05, 0.1) is 11.5 Å². The predicted octanol–water partition coefficient (Wildman–Crippen LogP) is 0.574. The van der Waals surface area contributed by atoms with Gasteiger partial charge in [-0.2, -0.15) is 0 Å². The minimum atomic E-state index is -2.82. The maximum atomic E-state index is 11.2. The van der Waals surface area contributed by atoms with Crippen molar-refractivity contribution in [3.05, 3.63) is 11.6 Å². The highest BCUT2D eigenvalue weighted by molar-refractivity contribution is 7.91. The van der Waals surface area contributed by atoms with Crippen LogP contribution in [-0.4, -0.2) is 43.6 Å². The fourth-order valence-corrected chi connectivity index (χ4v) is 3.32. The van der Waals surface area contributed by atoms with Gasteiger partial charge < -0.3 is 10.4 Å². The molecule has 1 heterocycles. The minimum Gasteiger partial charge on any atom is -0.478 e. The first-order valence-corrected chi connectivity index (χ1v) is 7.63. The molecule has 17 heavy (non-hydrogen) atoms. The molecule has 1 aliphatic rings. The van der Waals surface area contributed by atoms with Crippen LogP contribution in [0.5, 0.6) is 0 Å². The van der Waals surface area contributed by atoms with E-state index in [1.54, 1.807) is 13.0 Å². The Morgan fingerprint density at radius 3 is 2.47 bits per heavy atom.